The van der Waals surface area contributed by atoms with Crippen molar-refractivity contribution in [3.8, 4) is 0 Å². The van der Waals surface area contributed by atoms with Gasteiger partial charge in [-0.05, 0) is 6.92 Å². The lowest BCUT2D eigenvalue weighted by atomic mass is 10.4. The van der Waals surface area contributed by atoms with E-state index in [4.69, 9.17) is 9.47 Å². The molecule has 5 heteroatoms. The third-order valence-electron chi connectivity index (χ3n) is 1.88. The SMILES string of the molecule is CNc1cnc(COC(C)COC)cn1. The molecule has 0 aliphatic carbocycles. The van der Waals surface area contributed by atoms with Crippen LogP contribution in [0, 0.1) is 0 Å². The molecule has 1 atom stereocenters. The third-order valence-corrected chi connectivity index (χ3v) is 1.88. The summed E-state index contributed by atoms with van der Waals surface area (Å²) >= 11 is 0. The fourth-order valence-corrected chi connectivity index (χ4v) is 1.07. The quantitative estimate of drug-likeness (QED) is 0.762. The van der Waals surface area contributed by atoms with Crippen molar-refractivity contribution in [3.63, 3.8) is 0 Å². The lowest BCUT2D eigenvalue weighted by Gasteiger charge is -2.11. The summed E-state index contributed by atoms with van der Waals surface area (Å²) in [7, 11) is 3.46. The number of hydrogen-bond donors (Lipinski definition) is 1. The standard InChI is InChI=1S/C10H17N3O2/c1-8(6-14-3)15-7-9-4-13-10(11-2)5-12-9/h4-5,8H,6-7H2,1-3H3,(H,11,13). The average molecular weight is 211 g/mol. The molecule has 15 heavy (non-hydrogen) atoms. The van der Waals surface area contributed by atoms with Crippen LogP contribution >= 0.6 is 0 Å². The number of ether oxygens (including phenoxy) is 2. The number of nitrogens with zero attached hydrogens (tertiary/aromatic N) is 2. The maximum absolute atomic E-state index is 5.49. The molecule has 1 unspecified atom stereocenters. The van der Waals surface area contributed by atoms with Crippen LogP contribution in [-0.4, -0.2) is 36.8 Å². The first-order valence-electron chi connectivity index (χ1n) is 4.85. The summed E-state index contributed by atoms with van der Waals surface area (Å²) in [4.78, 5) is 8.33. The van der Waals surface area contributed by atoms with E-state index in [0.29, 0.717) is 13.2 Å². The van der Waals surface area contributed by atoms with Gasteiger partial charge in [0.25, 0.3) is 0 Å². The second-order valence-corrected chi connectivity index (χ2v) is 3.22. The second kappa shape index (κ2) is 6.31. The number of methoxy groups -OCH3 is 1. The van der Waals surface area contributed by atoms with E-state index in [1.165, 1.54) is 0 Å². The molecule has 1 aromatic heterocycles. The van der Waals surface area contributed by atoms with Crippen LogP contribution < -0.4 is 5.32 Å². The molecule has 5 nitrogen and oxygen atoms in total. The van der Waals surface area contributed by atoms with Crippen LogP contribution in [-0.2, 0) is 16.1 Å². The summed E-state index contributed by atoms with van der Waals surface area (Å²) in [6.07, 6.45) is 3.45. The average Bonchev–Trinajstić information content (AvgIpc) is 2.27. The van der Waals surface area contributed by atoms with Crippen molar-refractivity contribution in [1.82, 2.24) is 9.97 Å². The number of nitrogens with one attached hydrogen (secondary N) is 1. The van der Waals surface area contributed by atoms with Gasteiger partial charge in [-0.15, -0.1) is 0 Å². The summed E-state index contributed by atoms with van der Waals surface area (Å²) in [5.41, 5.74) is 0.817. The second-order valence-electron chi connectivity index (χ2n) is 3.22. The van der Waals surface area contributed by atoms with Crippen molar-refractivity contribution in [2.45, 2.75) is 19.6 Å². The molecule has 1 rings (SSSR count). The molecule has 1 heterocycles. The summed E-state index contributed by atoms with van der Waals surface area (Å²) in [6.45, 7) is 3.00. The zero-order valence-corrected chi connectivity index (χ0v) is 9.36. The van der Waals surface area contributed by atoms with Crippen LogP contribution in [0.5, 0.6) is 0 Å². The van der Waals surface area contributed by atoms with Gasteiger partial charge in [0.2, 0.25) is 0 Å². The van der Waals surface area contributed by atoms with E-state index in [2.05, 4.69) is 15.3 Å². The molecule has 1 N–H and O–H groups in total. The highest BCUT2D eigenvalue weighted by Gasteiger charge is 2.02. The Balaban J connectivity index is 2.37. The summed E-state index contributed by atoms with van der Waals surface area (Å²) < 4.78 is 10.5. The van der Waals surface area contributed by atoms with E-state index in [1.807, 2.05) is 6.92 Å². The molecule has 0 aliphatic heterocycles. The highest BCUT2D eigenvalue weighted by molar-refractivity contribution is 5.29. The predicted molar refractivity (Wildman–Crippen MR) is 57.7 cm³/mol. The first-order chi connectivity index (χ1) is 7.26. The highest BCUT2D eigenvalue weighted by atomic mass is 16.5. The Bertz CT molecular complexity index is 277. The molecule has 1 aromatic rings. The molecule has 0 saturated carbocycles. The molecule has 0 amide bonds. The van der Waals surface area contributed by atoms with Gasteiger partial charge in [-0.3, -0.25) is 4.98 Å². The van der Waals surface area contributed by atoms with E-state index in [1.54, 1.807) is 26.6 Å². The van der Waals surface area contributed by atoms with Crippen LogP contribution in [0.15, 0.2) is 12.4 Å². The Morgan fingerprint density at radius 3 is 2.73 bits per heavy atom. The fourth-order valence-electron chi connectivity index (χ4n) is 1.07. The smallest absolute Gasteiger partial charge is 0.144 e. The Hall–Kier alpha value is -1.20. The molecule has 0 radical (unpaired) electrons. The van der Waals surface area contributed by atoms with Gasteiger partial charge in [-0.25, -0.2) is 4.98 Å². The van der Waals surface area contributed by atoms with E-state index >= 15 is 0 Å². The first kappa shape index (κ1) is 11.9. The maximum atomic E-state index is 5.49. The third kappa shape index (κ3) is 4.22. The molecule has 0 aliphatic rings. The number of anilines is 1. The van der Waals surface area contributed by atoms with Gasteiger partial charge in [-0.2, -0.15) is 0 Å². The van der Waals surface area contributed by atoms with E-state index in [9.17, 15) is 0 Å². The van der Waals surface area contributed by atoms with Crippen LogP contribution in [0.4, 0.5) is 5.82 Å². The molecule has 0 fully saturated rings. The summed E-state index contributed by atoms with van der Waals surface area (Å²) in [5.74, 6) is 0.753. The van der Waals surface area contributed by atoms with E-state index in [0.717, 1.165) is 11.5 Å². The molecule has 0 saturated heterocycles. The molecule has 84 valence electrons. The van der Waals surface area contributed by atoms with Crippen molar-refractivity contribution < 1.29 is 9.47 Å². The van der Waals surface area contributed by atoms with Crippen LogP contribution in [0.1, 0.15) is 12.6 Å². The minimum absolute atomic E-state index is 0.0702. The van der Waals surface area contributed by atoms with Gasteiger partial charge in [0.1, 0.15) is 5.82 Å². The predicted octanol–water partition coefficient (Wildman–Crippen LogP) is 1.07. The minimum Gasteiger partial charge on any atom is -0.382 e. The lowest BCUT2D eigenvalue weighted by molar-refractivity contribution is -0.00146. The number of hydrogen-bond acceptors (Lipinski definition) is 5. The lowest BCUT2D eigenvalue weighted by Crippen LogP contribution is -2.15. The topological polar surface area (TPSA) is 56.3 Å². The van der Waals surface area contributed by atoms with Crippen molar-refractivity contribution in [3.05, 3.63) is 18.1 Å². The van der Waals surface area contributed by atoms with Crippen molar-refractivity contribution >= 4 is 5.82 Å². The largest absolute Gasteiger partial charge is 0.382 e. The maximum Gasteiger partial charge on any atom is 0.144 e. The molecular weight excluding hydrogens is 194 g/mol. The molecule has 0 bridgehead atoms. The van der Waals surface area contributed by atoms with Crippen molar-refractivity contribution in [2.75, 3.05) is 26.1 Å². The monoisotopic (exact) mass is 211 g/mol. The Kier molecular flexibility index (Phi) is 5.00. The zero-order valence-electron chi connectivity index (χ0n) is 9.36. The normalized spacial score (nSPS) is 12.5. The van der Waals surface area contributed by atoms with Crippen LogP contribution in [0.25, 0.3) is 0 Å². The number of rotatable bonds is 6. The summed E-state index contributed by atoms with van der Waals surface area (Å²) in [5, 5.41) is 2.90. The zero-order chi connectivity index (χ0) is 11.1. The Morgan fingerprint density at radius 1 is 1.40 bits per heavy atom. The molecule has 0 aromatic carbocycles. The molecule has 0 spiro atoms. The van der Waals surface area contributed by atoms with Gasteiger partial charge in [0, 0.05) is 14.2 Å². The van der Waals surface area contributed by atoms with Crippen LogP contribution in [0.3, 0.4) is 0 Å². The highest BCUT2D eigenvalue weighted by Crippen LogP contribution is 2.02. The van der Waals surface area contributed by atoms with Gasteiger partial charge in [0.05, 0.1) is 37.4 Å². The fraction of sp³-hybridized carbons (Fsp3) is 0.600. The Morgan fingerprint density at radius 2 is 2.20 bits per heavy atom. The van der Waals surface area contributed by atoms with Crippen molar-refractivity contribution in [2.24, 2.45) is 0 Å². The van der Waals surface area contributed by atoms with Crippen molar-refractivity contribution in [1.29, 1.82) is 0 Å². The van der Waals surface area contributed by atoms with Gasteiger partial charge in [0.15, 0.2) is 0 Å². The van der Waals surface area contributed by atoms with Gasteiger partial charge < -0.3 is 14.8 Å². The Labute approximate surface area is 89.8 Å². The van der Waals surface area contributed by atoms with Crippen LogP contribution in [0.2, 0.25) is 0 Å². The minimum atomic E-state index is 0.0702. The number of aromatic nitrogens is 2. The molecular formula is C10H17N3O2. The van der Waals surface area contributed by atoms with Gasteiger partial charge >= 0.3 is 0 Å². The van der Waals surface area contributed by atoms with E-state index in [-0.39, 0.29) is 6.10 Å². The van der Waals surface area contributed by atoms with E-state index < -0.39 is 0 Å². The first-order valence-corrected chi connectivity index (χ1v) is 4.85. The summed E-state index contributed by atoms with van der Waals surface area (Å²) in [6, 6.07) is 0. The van der Waals surface area contributed by atoms with Gasteiger partial charge in [-0.1, -0.05) is 0 Å².